The van der Waals surface area contributed by atoms with Crippen LogP contribution in [0.5, 0.6) is 0 Å². The topological polar surface area (TPSA) is 59.1 Å². The molecule has 0 aliphatic carbocycles. The number of sulfone groups is 1. The molecule has 0 amide bonds. The molecule has 10 heteroatoms. The van der Waals surface area contributed by atoms with Gasteiger partial charge >= 0.3 is 6.18 Å². The fourth-order valence-corrected chi connectivity index (χ4v) is 5.31. The number of aryl methyl sites for hydroxylation is 1. The van der Waals surface area contributed by atoms with E-state index in [-0.39, 0.29) is 17.7 Å². The highest BCUT2D eigenvalue weighted by Gasteiger charge is 2.39. The summed E-state index contributed by atoms with van der Waals surface area (Å²) in [6.45, 7) is 1.79. The van der Waals surface area contributed by atoms with Gasteiger partial charge in [-0.3, -0.25) is 10.3 Å². The lowest BCUT2D eigenvalue weighted by Gasteiger charge is -2.36. The van der Waals surface area contributed by atoms with Crippen LogP contribution in [0.2, 0.25) is 0 Å². The predicted octanol–water partition coefficient (Wildman–Crippen LogP) is 6.19. The molecule has 0 aliphatic heterocycles. The summed E-state index contributed by atoms with van der Waals surface area (Å²) in [6, 6.07) is 19.0. The number of rotatable bonds is 8. The van der Waals surface area contributed by atoms with E-state index in [1.807, 2.05) is 0 Å². The van der Waals surface area contributed by atoms with Gasteiger partial charge in [0.2, 0.25) is 0 Å². The Morgan fingerprint density at radius 3 is 2.16 bits per heavy atom. The van der Waals surface area contributed by atoms with Gasteiger partial charge in [-0.05, 0) is 60.0 Å². The number of halogens is 5. The Bertz CT molecular complexity index is 1530. The third-order valence-electron chi connectivity index (χ3n) is 6.16. The second-order valence-electron chi connectivity index (χ2n) is 8.88. The Labute approximate surface area is 217 Å². The maximum Gasteiger partial charge on any atom is 0.416 e. The molecule has 0 radical (unpaired) electrons. The van der Waals surface area contributed by atoms with Crippen molar-refractivity contribution < 1.29 is 30.4 Å². The maximum absolute atomic E-state index is 13.8. The minimum Gasteiger partial charge on any atom is -0.288 e. The fourth-order valence-electron chi connectivity index (χ4n) is 4.15. The Hall–Kier alpha value is -3.63. The average molecular weight is 547 g/mol. The molecular formula is C28H23F5N2O2S. The van der Waals surface area contributed by atoms with E-state index in [2.05, 4.69) is 10.3 Å². The zero-order chi connectivity index (χ0) is 27.6. The smallest absolute Gasteiger partial charge is 0.288 e. The van der Waals surface area contributed by atoms with Crippen LogP contribution in [0.1, 0.15) is 27.9 Å². The molecule has 3 aromatic carbocycles. The summed E-state index contributed by atoms with van der Waals surface area (Å²) in [5, 5.41) is 2.95. The third kappa shape index (κ3) is 5.92. The second-order valence-corrected chi connectivity index (χ2v) is 10.9. The summed E-state index contributed by atoms with van der Waals surface area (Å²) in [6.07, 6.45) is -3.07. The van der Waals surface area contributed by atoms with Crippen molar-refractivity contribution in [3.8, 4) is 0 Å². The van der Waals surface area contributed by atoms with E-state index in [9.17, 15) is 30.4 Å². The Morgan fingerprint density at radius 2 is 1.53 bits per heavy atom. The van der Waals surface area contributed by atoms with Crippen LogP contribution < -0.4 is 5.32 Å². The highest BCUT2D eigenvalue weighted by Crippen LogP contribution is 2.37. The molecule has 0 saturated carbocycles. The van der Waals surface area contributed by atoms with Crippen LogP contribution in [0.15, 0.2) is 96.0 Å². The predicted molar refractivity (Wildman–Crippen MR) is 133 cm³/mol. The Morgan fingerprint density at radius 1 is 0.816 bits per heavy atom. The van der Waals surface area contributed by atoms with E-state index >= 15 is 0 Å². The molecule has 1 aromatic heterocycles. The first-order chi connectivity index (χ1) is 17.9. The molecule has 4 aromatic rings. The molecule has 0 bridgehead atoms. The number of nitrogens with zero attached hydrogens (tertiary/aromatic N) is 1. The molecule has 1 N–H and O–H groups in total. The number of hydrogen-bond donors (Lipinski definition) is 1. The van der Waals surface area contributed by atoms with Crippen molar-refractivity contribution in [1.29, 1.82) is 0 Å². The van der Waals surface area contributed by atoms with Gasteiger partial charge in [0.15, 0.2) is 21.5 Å². The Kier molecular flexibility index (Phi) is 7.66. The highest BCUT2D eigenvalue weighted by molar-refractivity contribution is 7.91. The van der Waals surface area contributed by atoms with E-state index in [1.54, 1.807) is 49.4 Å². The standard InChI is InChI=1S/C28H23F5N2O2S/c1-19-10-13-26(34-17-19)27(16-20-6-3-2-4-7-20,21-8-5-9-22(14-21)28(31,32)33)35-18-38(36,37)23-11-12-24(29)25(30)15-23/h2-15,17,35H,16,18H2,1H3. The van der Waals surface area contributed by atoms with Crippen LogP contribution in [0.4, 0.5) is 22.0 Å². The van der Waals surface area contributed by atoms with Crippen LogP contribution in [0.3, 0.4) is 0 Å². The van der Waals surface area contributed by atoms with Gasteiger partial charge < -0.3 is 0 Å². The van der Waals surface area contributed by atoms with Gasteiger partial charge in [0.05, 0.1) is 21.7 Å². The van der Waals surface area contributed by atoms with Crippen molar-refractivity contribution in [3.63, 3.8) is 0 Å². The molecule has 1 heterocycles. The molecule has 38 heavy (non-hydrogen) atoms. The quantitative estimate of drug-likeness (QED) is 0.211. The van der Waals surface area contributed by atoms with Crippen molar-refractivity contribution in [1.82, 2.24) is 10.3 Å². The van der Waals surface area contributed by atoms with E-state index in [0.29, 0.717) is 17.7 Å². The van der Waals surface area contributed by atoms with E-state index in [4.69, 9.17) is 0 Å². The van der Waals surface area contributed by atoms with E-state index < -0.39 is 49.5 Å². The van der Waals surface area contributed by atoms with E-state index in [1.165, 1.54) is 18.3 Å². The monoisotopic (exact) mass is 546 g/mol. The molecule has 198 valence electrons. The molecule has 1 atom stereocenters. The molecule has 1 unspecified atom stereocenters. The lowest BCUT2D eigenvalue weighted by Crippen LogP contribution is -2.48. The van der Waals surface area contributed by atoms with Crippen LogP contribution in [-0.2, 0) is 28.0 Å². The van der Waals surface area contributed by atoms with Gasteiger partial charge in [-0.1, -0.05) is 48.5 Å². The molecule has 0 spiro atoms. The third-order valence-corrected chi connectivity index (χ3v) is 7.65. The van der Waals surface area contributed by atoms with Crippen molar-refractivity contribution in [2.45, 2.75) is 30.0 Å². The number of alkyl halides is 3. The van der Waals surface area contributed by atoms with Crippen LogP contribution >= 0.6 is 0 Å². The van der Waals surface area contributed by atoms with Gasteiger partial charge in [0.25, 0.3) is 0 Å². The summed E-state index contributed by atoms with van der Waals surface area (Å²) in [5.41, 5.74) is -0.544. The number of pyridine rings is 1. The van der Waals surface area contributed by atoms with Gasteiger partial charge in [0.1, 0.15) is 5.88 Å². The minimum atomic E-state index is -4.65. The van der Waals surface area contributed by atoms with Gasteiger partial charge in [-0.15, -0.1) is 0 Å². The summed E-state index contributed by atoms with van der Waals surface area (Å²) in [4.78, 5) is 3.99. The lowest BCUT2D eigenvalue weighted by atomic mass is 9.80. The van der Waals surface area contributed by atoms with Crippen molar-refractivity contribution in [3.05, 3.63) is 131 Å². The normalized spacial score (nSPS) is 13.7. The zero-order valence-electron chi connectivity index (χ0n) is 20.1. The molecule has 4 nitrogen and oxygen atoms in total. The van der Waals surface area contributed by atoms with Crippen LogP contribution in [0, 0.1) is 18.6 Å². The lowest BCUT2D eigenvalue weighted by molar-refractivity contribution is -0.137. The first kappa shape index (κ1) is 27.4. The average Bonchev–Trinajstić information content (AvgIpc) is 2.89. The summed E-state index contributed by atoms with van der Waals surface area (Å²) >= 11 is 0. The number of nitrogens with one attached hydrogen (secondary N) is 1. The van der Waals surface area contributed by atoms with Crippen molar-refractivity contribution in [2.75, 3.05) is 5.88 Å². The van der Waals surface area contributed by atoms with Gasteiger partial charge in [0, 0.05) is 12.6 Å². The number of aromatic nitrogens is 1. The summed E-state index contributed by atoms with van der Waals surface area (Å²) in [5.74, 6) is -3.33. The Balaban J connectivity index is 1.89. The fraction of sp³-hybridized carbons (Fsp3) is 0.179. The number of hydrogen-bond acceptors (Lipinski definition) is 4. The zero-order valence-corrected chi connectivity index (χ0v) is 21.0. The molecule has 4 rings (SSSR count). The highest BCUT2D eigenvalue weighted by atomic mass is 32.2. The number of benzene rings is 3. The second kappa shape index (κ2) is 10.6. The van der Waals surface area contributed by atoms with Gasteiger partial charge in [-0.25, -0.2) is 17.2 Å². The largest absolute Gasteiger partial charge is 0.416 e. The van der Waals surface area contributed by atoms with Gasteiger partial charge in [-0.2, -0.15) is 13.2 Å². The first-order valence-corrected chi connectivity index (χ1v) is 13.1. The SMILES string of the molecule is Cc1ccc(C(Cc2ccccc2)(NCS(=O)(=O)c2ccc(F)c(F)c2)c2cccc(C(F)(F)F)c2)nc1. The molecule has 0 aliphatic rings. The maximum atomic E-state index is 13.8. The van der Waals surface area contributed by atoms with E-state index in [0.717, 1.165) is 23.8 Å². The molecule has 0 fully saturated rings. The summed E-state index contributed by atoms with van der Waals surface area (Å²) in [7, 11) is -4.26. The summed E-state index contributed by atoms with van der Waals surface area (Å²) < 4.78 is 94.7. The molecule has 0 saturated heterocycles. The minimum absolute atomic E-state index is 0.0402. The van der Waals surface area contributed by atoms with Crippen molar-refractivity contribution >= 4 is 9.84 Å². The first-order valence-electron chi connectivity index (χ1n) is 11.5. The molecular weight excluding hydrogens is 523 g/mol. The van der Waals surface area contributed by atoms with Crippen molar-refractivity contribution in [2.24, 2.45) is 0 Å². The van der Waals surface area contributed by atoms with Crippen LogP contribution in [-0.4, -0.2) is 19.3 Å². The van der Waals surface area contributed by atoms with Crippen LogP contribution in [0.25, 0.3) is 0 Å².